The van der Waals surface area contributed by atoms with E-state index in [-0.39, 0.29) is 18.9 Å². The van der Waals surface area contributed by atoms with Gasteiger partial charge in [-0.25, -0.2) is 4.39 Å². The number of carbonyl (C=O) groups is 1. The van der Waals surface area contributed by atoms with Crippen LogP contribution in [0.2, 0.25) is 0 Å². The number of hydrogen-bond acceptors (Lipinski definition) is 4. The summed E-state index contributed by atoms with van der Waals surface area (Å²) < 4.78 is 19.0. The van der Waals surface area contributed by atoms with E-state index in [0.717, 1.165) is 5.56 Å². The van der Waals surface area contributed by atoms with Gasteiger partial charge in [0, 0.05) is 19.5 Å². The molecule has 2 N–H and O–H groups in total. The standard InChI is InChI=1S/C19H21FN2O3/c20-15-6-7-18-17(10-15)21-19(24)8-9-22(18)11-16(23)13-25-12-14-4-2-1-3-5-14/h1-7,10,16,23H,8-9,11-13H2,(H,21,24)/t16-/m0/s1. The number of halogens is 1. The number of nitrogens with zero attached hydrogens (tertiary/aromatic N) is 1. The fraction of sp³-hybridized carbons (Fsp3) is 0.316. The molecule has 2 aromatic carbocycles. The number of ether oxygens (including phenoxy) is 1. The number of hydrogen-bond donors (Lipinski definition) is 2. The summed E-state index contributed by atoms with van der Waals surface area (Å²) in [6.45, 7) is 1.38. The number of β-amino-alcohol motifs (C(OH)–C–C–N with tert-alkyl or cyclic N) is 1. The van der Waals surface area contributed by atoms with Crippen LogP contribution in [-0.4, -0.2) is 36.8 Å². The lowest BCUT2D eigenvalue weighted by atomic mass is 10.2. The highest BCUT2D eigenvalue weighted by Crippen LogP contribution is 2.29. The summed E-state index contributed by atoms with van der Waals surface area (Å²) in [6.07, 6.45) is -0.428. The lowest BCUT2D eigenvalue weighted by molar-refractivity contribution is -0.116. The van der Waals surface area contributed by atoms with Crippen LogP contribution >= 0.6 is 0 Å². The molecule has 0 aliphatic carbocycles. The molecule has 1 atom stereocenters. The van der Waals surface area contributed by atoms with E-state index in [9.17, 15) is 14.3 Å². The Morgan fingerprint density at radius 2 is 2.04 bits per heavy atom. The number of benzene rings is 2. The number of aliphatic hydroxyl groups excluding tert-OH is 1. The van der Waals surface area contributed by atoms with Crippen molar-refractivity contribution in [3.63, 3.8) is 0 Å². The van der Waals surface area contributed by atoms with Gasteiger partial charge in [0.05, 0.1) is 30.7 Å². The molecule has 132 valence electrons. The third-order valence-electron chi connectivity index (χ3n) is 4.04. The molecule has 6 heteroatoms. The number of carbonyl (C=O) groups excluding carboxylic acids is 1. The first-order valence-corrected chi connectivity index (χ1v) is 8.26. The first kappa shape index (κ1) is 17.4. The van der Waals surface area contributed by atoms with Crippen LogP contribution in [0.3, 0.4) is 0 Å². The van der Waals surface area contributed by atoms with Crippen LogP contribution < -0.4 is 10.2 Å². The van der Waals surface area contributed by atoms with Crippen LogP contribution in [0.25, 0.3) is 0 Å². The summed E-state index contributed by atoms with van der Waals surface area (Å²) in [7, 11) is 0. The second kappa shape index (κ2) is 8.09. The van der Waals surface area contributed by atoms with E-state index >= 15 is 0 Å². The number of anilines is 2. The molecule has 0 aromatic heterocycles. The van der Waals surface area contributed by atoms with E-state index in [1.54, 1.807) is 6.07 Å². The lowest BCUT2D eigenvalue weighted by Gasteiger charge is -2.26. The van der Waals surface area contributed by atoms with Crippen molar-refractivity contribution < 1.29 is 19.0 Å². The Balaban J connectivity index is 1.59. The summed E-state index contributed by atoms with van der Waals surface area (Å²) in [6, 6.07) is 14.0. The van der Waals surface area contributed by atoms with E-state index in [1.807, 2.05) is 35.2 Å². The number of amides is 1. The van der Waals surface area contributed by atoms with Crippen molar-refractivity contribution in [3.05, 3.63) is 59.9 Å². The van der Waals surface area contributed by atoms with Crippen molar-refractivity contribution in [1.29, 1.82) is 0 Å². The Bertz CT molecular complexity index is 724. The number of rotatable bonds is 6. The Morgan fingerprint density at radius 3 is 2.84 bits per heavy atom. The second-order valence-corrected chi connectivity index (χ2v) is 6.06. The van der Waals surface area contributed by atoms with Gasteiger partial charge in [-0.1, -0.05) is 30.3 Å². The van der Waals surface area contributed by atoms with Gasteiger partial charge in [0.1, 0.15) is 5.82 Å². The summed E-state index contributed by atoms with van der Waals surface area (Å²) in [5.74, 6) is -0.572. The highest BCUT2D eigenvalue weighted by atomic mass is 19.1. The van der Waals surface area contributed by atoms with Crippen LogP contribution in [0.5, 0.6) is 0 Å². The Morgan fingerprint density at radius 1 is 1.24 bits per heavy atom. The van der Waals surface area contributed by atoms with E-state index in [1.165, 1.54) is 12.1 Å². The third kappa shape index (κ3) is 4.78. The molecule has 2 aromatic rings. The molecule has 1 aliphatic heterocycles. The molecule has 0 bridgehead atoms. The molecule has 25 heavy (non-hydrogen) atoms. The van der Waals surface area contributed by atoms with Gasteiger partial charge in [-0.05, 0) is 23.8 Å². The average Bonchev–Trinajstić information content (AvgIpc) is 2.74. The highest BCUT2D eigenvalue weighted by molar-refractivity contribution is 5.96. The molecule has 5 nitrogen and oxygen atoms in total. The number of fused-ring (bicyclic) bond motifs is 1. The highest BCUT2D eigenvalue weighted by Gasteiger charge is 2.21. The van der Waals surface area contributed by atoms with Crippen LogP contribution in [0, 0.1) is 5.82 Å². The molecule has 0 fully saturated rings. The molecule has 0 spiro atoms. The topological polar surface area (TPSA) is 61.8 Å². The summed E-state index contributed by atoms with van der Waals surface area (Å²) in [4.78, 5) is 13.6. The van der Waals surface area contributed by atoms with Crippen LogP contribution in [0.15, 0.2) is 48.5 Å². The van der Waals surface area contributed by atoms with Crippen LogP contribution in [-0.2, 0) is 16.1 Å². The zero-order valence-corrected chi connectivity index (χ0v) is 13.8. The van der Waals surface area contributed by atoms with Gasteiger partial charge in [-0.2, -0.15) is 0 Å². The fourth-order valence-electron chi connectivity index (χ4n) is 2.84. The lowest BCUT2D eigenvalue weighted by Crippen LogP contribution is -2.35. The predicted molar refractivity (Wildman–Crippen MR) is 94.0 cm³/mol. The van der Waals surface area contributed by atoms with Crippen molar-refractivity contribution in [1.82, 2.24) is 0 Å². The largest absolute Gasteiger partial charge is 0.389 e. The van der Waals surface area contributed by atoms with Gasteiger partial charge in [-0.15, -0.1) is 0 Å². The third-order valence-corrected chi connectivity index (χ3v) is 4.04. The molecule has 0 radical (unpaired) electrons. The number of nitrogens with one attached hydrogen (secondary N) is 1. The first-order chi connectivity index (χ1) is 12.1. The normalized spacial score (nSPS) is 15.3. The predicted octanol–water partition coefficient (Wildman–Crippen LogP) is 2.55. The van der Waals surface area contributed by atoms with Gasteiger partial charge in [0.25, 0.3) is 0 Å². The van der Waals surface area contributed by atoms with Crippen molar-refractivity contribution >= 4 is 17.3 Å². The molecule has 1 aliphatic rings. The van der Waals surface area contributed by atoms with Gasteiger partial charge >= 0.3 is 0 Å². The van der Waals surface area contributed by atoms with Crippen molar-refractivity contribution in [2.75, 3.05) is 29.9 Å². The number of aliphatic hydroxyl groups is 1. The van der Waals surface area contributed by atoms with Crippen molar-refractivity contribution in [2.24, 2.45) is 0 Å². The zero-order chi connectivity index (χ0) is 17.6. The van der Waals surface area contributed by atoms with E-state index in [0.29, 0.717) is 31.1 Å². The van der Waals surface area contributed by atoms with Crippen molar-refractivity contribution in [2.45, 2.75) is 19.1 Å². The van der Waals surface area contributed by atoms with Gasteiger partial charge in [0.15, 0.2) is 0 Å². The van der Waals surface area contributed by atoms with Gasteiger partial charge < -0.3 is 20.1 Å². The van der Waals surface area contributed by atoms with E-state index in [4.69, 9.17) is 4.74 Å². The zero-order valence-electron chi connectivity index (χ0n) is 13.8. The van der Waals surface area contributed by atoms with Crippen LogP contribution in [0.1, 0.15) is 12.0 Å². The molecular formula is C19H21FN2O3. The molecule has 0 unspecified atom stereocenters. The van der Waals surface area contributed by atoms with E-state index in [2.05, 4.69) is 5.32 Å². The van der Waals surface area contributed by atoms with Crippen LogP contribution in [0.4, 0.5) is 15.8 Å². The molecule has 3 rings (SSSR count). The minimum atomic E-state index is -0.713. The van der Waals surface area contributed by atoms with Crippen molar-refractivity contribution in [3.8, 4) is 0 Å². The van der Waals surface area contributed by atoms with E-state index < -0.39 is 11.9 Å². The summed E-state index contributed by atoms with van der Waals surface area (Å²) >= 11 is 0. The summed E-state index contributed by atoms with van der Waals surface area (Å²) in [5, 5.41) is 13.0. The maximum atomic E-state index is 13.4. The molecule has 1 amide bonds. The average molecular weight is 344 g/mol. The molecular weight excluding hydrogens is 323 g/mol. The molecule has 0 saturated heterocycles. The second-order valence-electron chi connectivity index (χ2n) is 6.06. The maximum absolute atomic E-state index is 13.4. The first-order valence-electron chi connectivity index (χ1n) is 8.26. The molecule has 1 heterocycles. The van der Waals surface area contributed by atoms with Gasteiger partial charge in [0.2, 0.25) is 5.91 Å². The quantitative estimate of drug-likeness (QED) is 0.845. The fourth-order valence-corrected chi connectivity index (χ4v) is 2.84. The van der Waals surface area contributed by atoms with Gasteiger partial charge in [-0.3, -0.25) is 4.79 Å². The Kier molecular flexibility index (Phi) is 5.63. The Labute approximate surface area is 146 Å². The smallest absolute Gasteiger partial charge is 0.226 e. The minimum absolute atomic E-state index is 0.163. The molecule has 0 saturated carbocycles. The summed E-state index contributed by atoms with van der Waals surface area (Å²) in [5.41, 5.74) is 2.18. The minimum Gasteiger partial charge on any atom is -0.389 e. The SMILES string of the molecule is O=C1CCN(C[C@H](O)COCc2ccccc2)c2ccc(F)cc2N1. The monoisotopic (exact) mass is 344 g/mol. The Hall–Kier alpha value is -2.44. The maximum Gasteiger partial charge on any atom is 0.226 e.